The molecule has 1 atom stereocenters. The number of hydrogen-bond donors (Lipinski definition) is 2. The van der Waals surface area contributed by atoms with Crippen LogP contribution < -0.4 is 0 Å². The molecule has 0 heterocycles. The van der Waals surface area contributed by atoms with Gasteiger partial charge in [0, 0.05) is 24.6 Å². The summed E-state index contributed by atoms with van der Waals surface area (Å²) in [4.78, 5) is -0.0169. The number of benzene rings is 1. The molecule has 0 aromatic heterocycles. The van der Waals surface area contributed by atoms with Crippen LogP contribution in [-0.2, 0) is 16.4 Å². The normalized spacial score (nSPS) is 17.8. The van der Waals surface area contributed by atoms with Gasteiger partial charge in [0.2, 0.25) is 10.0 Å². The zero-order chi connectivity index (χ0) is 20.9. The number of sulfonamides is 1. The van der Waals surface area contributed by atoms with E-state index < -0.39 is 10.0 Å². The van der Waals surface area contributed by atoms with E-state index in [1.165, 1.54) is 9.88 Å². The number of aromatic hydroxyl groups is 2. The van der Waals surface area contributed by atoms with Crippen molar-refractivity contribution in [1.29, 1.82) is 0 Å². The van der Waals surface area contributed by atoms with Crippen LogP contribution >= 0.6 is 0 Å². The zero-order valence-corrected chi connectivity index (χ0v) is 18.5. The van der Waals surface area contributed by atoms with E-state index >= 15 is 0 Å². The van der Waals surface area contributed by atoms with E-state index in [-0.39, 0.29) is 22.3 Å². The highest BCUT2D eigenvalue weighted by atomic mass is 32.2. The summed E-state index contributed by atoms with van der Waals surface area (Å²) in [5.74, 6) is -0.433. The lowest BCUT2D eigenvalue weighted by molar-refractivity contribution is 0.406. The fourth-order valence-corrected chi connectivity index (χ4v) is 5.92. The molecule has 0 radical (unpaired) electrons. The molecule has 0 spiro atoms. The summed E-state index contributed by atoms with van der Waals surface area (Å²) in [6.45, 7) is 8.39. The first kappa shape index (κ1) is 22.8. The fourth-order valence-electron chi connectivity index (χ4n) is 4.14. The van der Waals surface area contributed by atoms with Crippen molar-refractivity contribution >= 4 is 10.0 Å². The number of phenols is 2. The van der Waals surface area contributed by atoms with Crippen molar-refractivity contribution in [2.75, 3.05) is 13.1 Å². The topological polar surface area (TPSA) is 77.8 Å². The standard InChI is InChI=1S/C22H35NO4S/c1-5-8-9-12-18-15-19(24)20(17-13-10-11-16(4)14-17)21(25)22(18)28(26,27)23(6-2)7-3/h14-15,17,24-25H,5-13H2,1-4H3. The zero-order valence-electron chi connectivity index (χ0n) is 17.7. The van der Waals surface area contributed by atoms with Gasteiger partial charge < -0.3 is 10.2 Å². The monoisotopic (exact) mass is 409 g/mol. The van der Waals surface area contributed by atoms with Crippen molar-refractivity contribution < 1.29 is 18.6 Å². The Hall–Kier alpha value is -1.53. The molecule has 1 aliphatic carbocycles. The van der Waals surface area contributed by atoms with Crippen LogP contribution in [0.5, 0.6) is 11.5 Å². The largest absolute Gasteiger partial charge is 0.507 e. The number of aryl methyl sites for hydroxylation is 1. The molecule has 28 heavy (non-hydrogen) atoms. The smallest absolute Gasteiger partial charge is 0.247 e. The molecule has 2 rings (SSSR count). The predicted molar refractivity (Wildman–Crippen MR) is 113 cm³/mol. The number of allylic oxidation sites excluding steroid dienone is 2. The van der Waals surface area contributed by atoms with Gasteiger partial charge in [0.25, 0.3) is 0 Å². The van der Waals surface area contributed by atoms with E-state index in [1.54, 1.807) is 19.9 Å². The van der Waals surface area contributed by atoms with Crippen LogP contribution in [-0.4, -0.2) is 36.0 Å². The third kappa shape index (κ3) is 4.71. The van der Waals surface area contributed by atoms with E-state index in [9.17, 15) is 18.6 Å². The number of unbranched alkanes of at least 4 members (excludes halogenated alkanes) is 2. The average Bonchev–Trinajstić information content (AvgIpc) is 2.62. The molecule has 0 fully saturated rings. The molecule has 0 aliphatic heterocycles. The van der Waals surface area contributed by atoms with Crippen LogP contribution in [0, 0.1) is 0 Å². The van der Waals surface area contributed by atoms with Gasteiger partial charge in [-0.25, -0.2) is 8.42 Å². The minimum absolute atomic E-state index is 0.00144. The highest BCUT2D eigenvalue weighted by molar-refractivity contribution is 7.89. The Kier molecular flexibility index (Phi) is 7.96. The molecular weight excluding hydrogens is 374 g/mol. The molecule has 0 bridgehead atoms. The number of nitrogens with zero attached hydrogens (tertiary/aromatic N) is 1. The molecule has 1 aromatic rings. The van der Waals surface area contributed by atoms with Crippen molar-refractivity contribution in [3.8, 4) is 11.5 Å². The molecule has 1 aromatic carbocycles. The summed E-state index contributed by atoms with van der Waals surface area (Å²) in [5, 5.41) is 21.8. The van der Waals surface area contributed by atoms with E-state index in [2.05, 4.69) is 6.92 Å². The van der Waals surface area contributed by atoms with Gasteiger partial charge >= 0.3 is 0 Å². The van der Waals surface area contributed by atoms with E-state index in [0.29, 0.717) is 30.6 Å². The van der Waals surface area contributed by atoms with Crippen LogP contribution in [0.15, 0.2) is 22.6 Å². The van der Waals surface area contributed by atoms with Crippen LogP contribution in [0.2, 0.25) is 0 Å². The van der Waals surface area contributed by atoms with Crippen LogP contribution in [0.25, 0.3) is 0 Å². The Morgan fingerprint density at radius 1 is 1.14 bits per heavy atom. The predicted octanol–water partition coefficient (Wildman–Crippen LogP) is 5.07. The molecular formula is C22H35NO4S. The molecule has 1 unspecified atom stereocenters. The van der Waals surface area contributed by atoms with Crippen LogP contribution in [0.3, 0.4) is 0 Å². The van der Waals surface area contributed by atoms with E-state index in [0.717, 1.165) is 38.5 Å². The molecule has 5 nitrogen and oxygen atoms in total. The summed E-state index contributed by atoms with van der Waals surface area (Å²) in [7, 11) is -3.84. The van der Waals surface area contributed by atoms with Crippen molar-refractivity contribution in [2.24, 2.45) is 0 Å². The lowest BCUT2D eigenvalue weighted by Gasteiger charge is -2.26. The maximum Gasteiger partial charge on any atom is 0.247 e. The van der Waals surface area contributed by atoms with Gasteiger partial charge in [0.05, 0.1) is 0 Å². The van der Waals surface area contributed by atoms with Crippen molar-refractivity contribution in [2.45, 2.75) is 83.5 Å². The third-order valence-electron chi connectivity index (χ3n) is 5.64. The highest BCUT2D eigenvalue weighted by Gasteiger charge is 2.33. The lowest BCUT2D eigenvalue weighted by atomic mass is 9.84. The number of rotatable bonds is 9. The van der Waals surface area contributed by atoms with E-state index in [4.69, 9.17) is 0 Å². The molecule has 6 heteroatoms. The minimum atomic E-state index is -3.84. The summed E-state index contributed by atoms with van der Waals surface area (Å²) in [6, 6.07) is 1.57. The van der Waals surface area contributed by atoms with Crippen LogP contribution in [0.1, 0.15) is 83.3 Å². The summed E-state index contributed by atoms with van der Waals surface area (Å²) >= 11 is 0. The Bertz CT molecular complexity index is 810. The first-order valence-electron chi connectivity index (χ1n) is 10.5. The second kappa shape index (κ2) is 9.79. The van der Waals surface area contributed by atoms with Crippen molar-refractivity contribution in [3.63, 3.8) is 0 Å². The van der Waals surface area contributed by atoms with Gasteiger partial charge in [0.1, 0.15) is 16.4 Å². The lowest BCUT2D eigenvalue weighted by Crippen LogP contribution is -2.31. The maximum atomic E-state index is 13.3. The van der Waals surface area contributed by atoms with Gasteiger partial charge in [-0.3, -0.25) is 0 Å². The quantitative estimate of drug-likeness (QED) is 0.441. The number of hydrogen-bond acceptors (Lipinski definition) is 4. The van der Waals surface area contributed by atoms with Gasteiger partial charge in [-0.1, -0.05) is 45.3 Å². The summed E-state index contributed by atoms with van der Waals surface area (Å²) < 4.78 is 28.1. The molecule has 0 saturated heterocycles. The summed E-state index contributed by atoms with van der Waals surface area (Å²) in [5.41, 5.74) is 2.06. The molecule has 1 aliphatic rings. The highest BCUT2D eigenvalue weighted by Crippen LogP contribution is 2.46. The molecule has 2 N–H and O–H groups in total. The molecule has 158 valence electrons. The summed E-state index contributed by atoms with van der Waals surface area (Å²) in [6.07, 6.45) is 8.11. The van der Waals surface area contributed by atoms with Gasteiger partial charge in [-0.05, 0) is 50.7 Å². The minimum Gasteiger partial charge on any atom is -0.507 e. The first-order valence-corrected chi connectivity index (χ1v) is 12.0. The molecule has 0 saturated carbocycles. The Morgan fingerprint density at radius 3 is 2.39 bits per heavy atom. The Morgan fingerprint density at radius 2 is 1.82 bits per heavy atom. The van der Waals surface area contributed by atoms with Crippen molar-refractivity contribution in [3.05, 3.63) is 28.8 Å². The van der Waals surface area contributed by atoms with Gasteiger partial charge in [0.15, 0.2) is 0 Å². The van der Waals surface area contributed by atoms with Gasteiger partial charge in [-0.15, -0.1) is 0 Å². The maximum absolute atomic E-state index is 13.3. The Labute approximate surface area is 170 Å². The Balaban J connectivity index is 2.67. The SMILES string of the molecule is CCCCCc1cc(O)c(C2C=C(C)CCC2)c(O)c1S(=O)(=O)N(CC)CC. The van der Waals surface area contributed by atoms with E-state index in [1.807, 2.05) is 13.0 Å². The van der Waals surface area contributed by atoms with Crippen LogP contribution in [0.4, 0.5) is 0 Å². The van der Waals surface area contributed by atoms with Gasteiger partial charge in [-0.2, -0.15) is 4.31 Å². The third-order valence-corrected chi connectivity index (χ3v) is 7.81. The first-order chi connectivity index (χ1) is 13.3. The average molecular weight is 410 g/mol. The van der Waals surface area contributed by atoms with Crippen molar-refractivity contribution in [1.82, 2.24) is 4.31 Å². The second-order valence-corrected chi connectivity index (χ2v) is 9.58. The number of phenolic OH excluding ortho intramolecular Hbond substituents is 2. The fraction of sp³-hybridized carbons (Fsp3) is 0.636. The second-order valence-electron chi connectivity index (χ2n) is 7.70. The molecule has 0 amide bonds.